The van der Waals surface area contributed by atoms with E-state index in [1.54, 1.807) is 11.1 Å². The Balaban J connectivity index is 1.22. The van der Waals surface area contributed by atoms with Crippen molar-refractivity contribution in [3.05, 3.63) is 11.1 Å². The molecule has 0 radical (unpaired) electrons. The summed E-state index contributed by atoms with van der Waals surface area (Å²) in [7, 11) is -3.13. The molecule has 0 bridgehead atoms. The summed E-state index contributed by atoms with van der Waals surface area (Å²) >= 11 is 0. The van der Waals surface area contributed by atoms with Gasteiger partial charge in [0, 0.05) is 24.5 Å². The van der Waals surface area contributed by atoms with E-state index in [2.05, 4.69) is 37.7 Å². The Morgan fingerprint density at radius 3 is 2.63 bits per heavy atom. The number of piperidine rings is 1. The molecule has 0 aromatic heterocycles. The zero-order chi connectivity index (χ0) is 24.8. The van der Waals surface area contributed by atoms with Gasteiger partial charge in [-0.05, 0) is 113 Å². The molecule has 0 unspecified atom stereocenters. The fraction of sp³-hybridized carbons (Fsp3) is 0.931. The first-order valence-corrected chi connectivity index (χ1v) is 16.5. The molecule has 6 heteroatoms. The van der Waals surface area contributed by atoms with Crippen LogP contribution in [0.25, 0.3) is 0 Å². The van der Waals surface area contributed by atoms with Gasteiger partial charge in [0.2, 0.25) is 10.0 Å². The van der Waals surface area contributed by atoms with E-state index in [9.17, 15) is 8.42 Å². The average Bonchev–Trinajstić information content (AvgIpc) is 3.23. The van der Waals surface area contributed by atoms with Crippen molar-refractivity contribution in [2.75, 3.05) is 12.8 Å². The highest BCUT2D eigenvalue weighted by Gasteiger charge is 2.59. The first-order valence-electron chi connectivity index (χ1n) is 14.6. The van der Waals surface area contributed by atoms with Crippen LogP contribution in [0.1, 0.15) is 91.9 Å². The Kier molecular flexibility index (Phi) is 6.07. The molecule has 6 rings (SSSR count). The van der Waals surface area contributed by atoms with Crippen LogP contribution in [0.15, 0.2) is 11.1 Å². The lowest BCUT2D eigenvalue weighted by atomic mass is 9.52. The minimum Gasteiger partial charge on any atom is -0.371 e. The maximum Gasteiger partial charge on any atom is 0.208 e. The standard InChI is InChI=1S/C29H48N2O3S/c1-17-15-29(19(3)25-16-30-18(2)12-27(25)34-29)11-9-22-23-7-6-20-13-21(31-35(5,32)33)8-10-28(20,4)26(23)14-24(17)22/h18-23,25-27,30-31H,6-16H2,1-5H3/t18-,19+,20+,21-,22-,23-,25-,26-,27+,28-,29-/m0/s1. The summed E-state index contributed by atoms with van der Waals surface area (Å²) in [4.78, 5) is 0. The van der Waals surface area contributed by atoms with E-state index in [1.807, 2.05) is 0 Å². The number of hydrogen-bond donors (Lipinski definition) is 2. The van der Waals surface area contributed by atoms with E-state index in [4.69, 9.17) is 4.74 Å². The highest BCUT2D eigenvalue weighted by atomic mass is 32.2. The minimum absolute atomic E-state index is 0.0501. The molecule has 6 aliphatic rings. The summed E-state index contributed by atoms with van der Waals surface area (Å²) in [5.74, 6) is 4.29. The number of sulfonamides is 1. The third-order valence-electron chi connectivity index (χ3n) is 12.1. The number of allylic oxidation sites excluding steroid dienone is 1. The third kappa shape index (κ3) is 4.08. The lowest BCUT2D eigenvalue weighted by Gasteiger charge is -2.54. The Morgan fingerprint density at radius 2 is 1.86 bits per heavy atom. The van der Waals surface area contributed by atoms with Gasteiger partial charge < -0.3 is 10.1 Å². The van der Waals surface area contributed by atoms with Crippen LogP contribution in [0.5, 0.6) is 0 Å². The van der Waals surface area contributed by atoms with Crippen LogP contribution >= 0.6 is 0 Å². The van der Waals surface area contributed by atoms with Gasteiger partial charge in [0.25, 0.3) is 0 Å². The number of hydrogen-bond acceptors (Lipinski definition) is 4. The summed E-state index contributed by atoms with van der Waals surface area (Å²) in [6.07, 6.45) is 13.7. The molecule has 2 aliphatic heterocycles. The topological polar surface area (TPSA) is 67.4 Å². The minimum atomic E-state index is -3.13. The van der Waals surface area contributed by atoms with Gasteiger partial charge in [-0.1, -0.05) is 25.0 Å². The summed E-state index contributed by atoms with van der Waals surface area (Å²) in [6, 6.07) is 0.705. The van der Waals surface area contributed by atoms with Crippen molar-refractivity contribution < 1.29 is 13.2 Å². The molecule has 0 aromatic carbocycles. The molecule has 11 atom stereocenters. The Hall–Kier alpha value is -0.430. The van der Waals surface area contributed by atoms with Gasteiger partial charge in [0.15, 0.2) is 0 Å². The highest BCUT2D eigenvalue weighted by molar-refractivity contribution is 7.88. The third-order valence-corrected chi connectivity index (χ3v) is 12.9. The van der Waals surface area contributed by atoms with Crippen molar-refractivity contribution in [2.45, 2.75) is 116 Å². The Labute approximate surface area is 213 Å². The van der Waals surface area contributed by atoms with E-state index in [-0.39, 0.29) is 11.6 Å². The van der Waals surface area contributed by atoms with Crippen LogP contribution in [0.2, 0.25) is 0 Å². The highest BCUT2D eigenvalue weighted by Crippen LogP contribution is 2.65. The molecule has 35 heavy (non-hydrogen) atoms. The van der Waals surface area contributed by atoms with Gasteiger partial charge in [-0.2, -0.15) is 0 Å². The molecular weight excluding hydrogens is 456 g/mol. The second-order valence-electron chi connectivity index (χ2n) is 14.0. The SMILES string of the molecule is CC1=C2C[C@H]3[C@@H](CC[C@@H]4C[C@@H](NS(C)(=O)=O)CC[C@@]43C)[C@@H]2CC[C@@]2(C1)O[C@@H]1C[C@H](C)NC[C@H]1[C@H]2C. The van der Waals surface area contributed by atoms with Crippen molar-refractivity contribution in [3.8, 4) is 0 Å². The Bertz CT molecular complexity index is 994. The van der Waals surface area contributed by atoms with Gasteiger partial charge in [-0.3, -0.25) is 0 Å². The summed E-state index contributed by atoms with van der Waals surface area (Å²) in [6.45, 7) is 10.9. The maximum absolute atomic E-state index is 11.9. The number of fused-ring (bicyclic) bond motifs is 6. The van der Waals surface area contributed by atoms with Crippen molar-refractivity contribution in [3.63, 3.8) is 0 Å². The van der Waals surface area contributed by atoms with Gasteiger partial charge in [0.1, 0.15) is 0 Å². The molecule has 2 saturated heterocycles. The zero-order valence-corrected chi connectivity index (χ0v) is 23.4. The number of rotatable bonds is 2. The van der Waals surface area contributed by atoms with Gasteiger partial charge in [0.05, 0.1) is 18.0 Å². The monoisotopic (exact) mass is 504 g/mol. The van der Waals surface area contributed by atoms with E-state index in [1.165, 1.54) is 44.8 Å². The van der Waals surface area contributed by atoms with Crippen LogP contribution < -0.4 is 10.0 Å². The van der Waals surface area contributed by atoms with Crippen LogP contribution in [0, 0.1) is 40.9 Å². The van der Waals surface area contributed by atoms with Crippen LogP contribution in [-0.2, 0) is 14.8 Å². The van der Waals surface area contributed by atoms with Crippen LogP contribution in [0.4, 0.5) is 0 Å². The van der Waals surface area contributed by atoms with Gasteiger partial charge in [-0.15, -0.1) is 0 Å². The molecule has 2 heterocycles. The lowest BCUT2D eigenvalue weighted by molar-refractivity contribution is -0.0738. The van der Waals surface area contributed by atoms with Crippen molar-refractivity contribution >= 4 is 10.0 Å². The molecule has 0 amide bonds. The largest absolute Gasteiger partial charge is 0.371 e. The first-order chi connectivity index (χ1) is 16.5. The van der Waals surface area contributed by atoms with E-state index in [0.29, 0.717) is 35.3 Å². The molecule has 3 saturated carbocycles. The van der Waals surface area contributed by atoms with E-state index in [0.717, 1.165) is 50.0 Å². The summed E-state index contributed by atoms with van der Waals surface area (Å²) in [5.41, 5.74) is 3.87. The lowest BCUT2D eigenvalue weighted by Crippen LogP contribution is -2.50. The van der Waals surface area contributed by atoms with Gasteiger partial charge >= 0.3 is 0 Å². The molecule has 0 aromatic rings. The second kappa shape index (κ2) is 8.54. The van der Waals surface area contributed by atoms with Crippen molar-refractivity contribution in [1.82, 2.24) is 10.0 Å². The predicted molar refractivity (Wildman–Crippen MR) is 140 cm³/mol. The van der Waals surface area contributed by atoms with Crippen molar-refractivity contribution in [2.24, 2.45) is 40.9 Å². The number of nitrogens with one attached hydrogen (secondary N) is 2. The normalized spacial score (nSPS) is 52.0. The molecule has 1 spiro atoms. The average molecular weight is 505 g/mol. The molecule has 198 valence electrons. The fourth-order valence-corrected chi connectivity index (χ4v) is 11.1. The smallest absolute Gasteiger partial charge is 0.208 e. The van der Waals surface area contributed by atoms with E-state index < -0.39 is 10.0 Å². The van der Waals surface area contributed by atoms with E-state index >= 15 is 0 Å². The van der Waals surface area contributed by atoms with Gasteiger partial charge in [-0.25, -0.2) is 13.1 Å². The molecule has 5 nitrogen and oxygen atoms in total. The molecule has 2 N–H and O–H groups in total. The first kappa shape index (κ1) is 24.9. The van der Waals surface area contributed by atoms with Crippen LogP contribution in [0.3, 0.4) is 0 Å². The quantitative estimate of drug-likeness (QED) is 0.518. The molecule has 5 fully saturated rings. The fourth-order valence-electron chi connectivity index (χ4n) is 10.3. The second-order valence-corrected chi connectivity index (χ2v) is 15.7. The summed E-state index contributed by atoms with van der Waals surface area (Å²) in [5, 5.41) is 3.73. The molecular formula is C29H48N2O3S. The summed E-state index contributed by atoms with van der Waals surface area (Å²) < 4.78 is 33.7. The molecule has 4 aliphatic carbocycles. The van der Waals surface area contributed by atoms with Crippen LogP contribution in [-0.4, -0.2) is 45.0 Å². The Morgan fingerprint density at radius 1 is 1.06 bits per heavy atom. The maximum atomic E-state index is 11.9. The zero-order valence-electron chi connectivity index (χ0n) is 22.6. The van der Waals surface area contributed by atoms with Crippen molar-refractivity contribution in [1.29, 1.82) is 0 Å². The number of ether oxygens (including phenoxy) is 1. The predicted octanol–water partition coefficient (Wildman–Crippen LogP) is 5.03.